The average Bonchev–Trinajstić information content (AvgIpc) is 2.78. The number of sulfonamides is 1. The van der Waals surface area contributed by atoms with E-state index in [0.717, 1.165) is 48.7 Å². The van der Waals surface area contributed by atoms with Gasteiger partial charge in [-0.15, -0.1) is 0 Å². The molecule has 0 spiro atoms. The van der Waals surface area contributed by atoms with E-state index in [1.54, 1.807) is 31.2 Å². The Morgan fingerprint density at radius 1 is 1.12 bits per heavy atom. The lowest BCUT2D eigenvalue weighted by atomic mass is 10.1. The maximum absolute atomic E-state index is 12.7. The largest absolute Gasteiger partial charge is 0.497 e. The van der Waals surface area contributed by atoms with Crippen LogP contribution in [-0.4, -0.2) is 57.4 Å². The molecule has 0 bridgehead atoms. The zero-order chi connectivity index (χ0) is 23.1. The lowest BCUT2D eigenvalue weighted by Gasteiger charge is -2.29. The molecule has 0 unspecified atom stereocenters. The normalized spacial score (nSPS) is 15.7. The molecule has 1 heterocycles. The Kier molecular flexibility index (Phi) is 7.87. The van der Waals surface area contributed by atoms with Crippen LogP contribution in [0, 0.1) is 0 Å². The molecule has 1 amide bonds. The van der Waals surface area contributed by atoms with Crippen LogP contribution in [0.4, 0.5) is 5.69 Å². The first-order valence-electron chi connectivity index (χ1n) is 10.5. The van der Waals surface area contributed by atoms with E-state index in [2.05, 4.69) is 27.6 Å². The standard InChI is InChI=1S/C23H30N4O4S/c1-18(27(32(3,29)30)21-9-11-22(31-2)12-10-21)23(28)25-24-20-13-15-26(16-14-20)17-19-7-5-4-6-8-19/h4-12,18H,13-17H2,1-3H3,(H,25,28)/t18-/m1/s1. The number of piperidine rings is 1. The van der Waals surface area contributed by atoms with Crippen LogP contribution in [0.5, 0.6) is 5.75 Å². The average molecular weight is 459 g/mol. The van der Waals surface area contributed by atoms with Crippen molar-refractivity contribution in [3.05, 3.63) is 60.2 Å². The Labute approximate surface area is 189 Å². The lowest BCUT2D eigenvalue weighted by Crippen LogP contribution is -2.47. The number of hydrogen-bond donors (Lipinski definition) is 1. The molecule has 9 heteroatoms. The van der Waals surface area contributed by atoms with Crippen LogP contribution in [-0.2, 0) is 21.4 Å². The van der Waals surface area contributed by atoms with Crippen molar-refractivity contribution in [3.8, 4) is 5.75 Å². The monoisotopic (exact) mass is 458 g/mol. The molecule has 1 N–H and O–H groups in total. The van der Waals surface area contributed by atoms with Gasteiger partial charge in [-0.2, -0.15) is 5.10 Å². The second-order valence-electron chi connectivity index (χ2n) is 7.85. The zero-order valence-electron chi connectivity index (χ0n) is 18.7. The van der Waals surface area contributed by atoms with Crippen LogP contribution >= 0.6 is 0 Å². The first-order valence-corrected chi connectivity index (χ1v) is 12.4. The minimum absolute atomic E-state index is 0.387. The smallest absolute Gasteiger partial charge is 0.263 e. The first kappa shape index (κ1) is 23.7. The SMILES string of the molecule is COc1ccc(N([C@H](C)C(=O)NN=C2CCN(Cc3ccccc3)CC2)S(C)(=O)=O)cc1. The molecule has 2 aromatic rings. The van der Waals surface area contributed by atoms with E-state index in [9.17, 15) is 13.2 Å². The molecular formula is C23H30N4O4S. The summed E-state index contributed by atoms with van der Waals surface area (Å²) in [6.45, 7) is 4.16. The zero-order valence-corrected chi connectivity index (χ0v) is 19.5. The molecule has 172 valence electrons. The van der Waals surface area contributed by atoms with E-state index in [1.165, 1.54) is 12.7 Å². The van der Waals surface area contributed by atoms with Gasteiger partial charge < -0.3 is 4.74 Å². The number of hydrazone groups is 1. The second kappa shape index (κ2) is 10.6. The van der Waals surface area contributed by atoms with E-state index >= 15 is 0 Å². The van der Waals surface area contributed by atoms with Gasteiger partial charge in [0.15, 0.2) is 0 Å². The number of nitrogens with zero attached hydrogens (tertiary/aromatic N) is 3. The van der Waals surface area contributed by atoms with E-state index in [0.29, 0.717) is 11.4 Å². The molecule has 1 fully saturated rings. The van der Waals surface area contributed by atoms with E-state index in [-0.39, 0.29) is 0 Å². The molecule has 1 aliphatic heterocycles. The summed E-state index contributed by atoms with van der Waals surface area (Å²) in [5.41, 5.74) is 5.13. The Morgan fingerprint density at radius 3 is 2.31 bits per heavy atom. The maximum Gasteiger partial charge on any atom is 0.263 e. The van der Waals surface area contributed by atoms with Crippen molar-refractivity contribution >= 4 is 27.3 Å². The van der Waals surface area contributed by atoms with Gasteiger partial charge in [-0.1, -0.05) is 30.3 Å². The van der Waals surface area contributed by atoms with Crippen molar-refractivity contribution in [1.82, 2.24) is 10.3 Å². The van der Waals surface area contributed by atoms with Gasteiger partial charge in [-0.05, 0) is 36.8 Å². The molecule has 1 atom stereocenters. The van der Waals surface area contributed by atoms with E-state index in [4.69, 9.17) is 4.74 Å². The summed E-state index contributed by atoms with van der Waals surface area (Å²) in [5, 5.41) is 4.28. The number of methoxy groups -OCH3 is 1. The van der Waals surface area contributed by atoms with Gasteiger partial charge in [0.25, 0.3) is 5.91 Å². The molecule has 1 saturated heterocycles. The van der Waals surface area contributed by atoms with Gasteiger partial charge in [0.1, 0.15) is 11.8 Å². The van der Waals surface area contributed by atoms with Crippen LogP contribution in [0.25, 0.3) is 0 Å². The number of hydrogen-bond acceptors (Lipinski definition) is 6. The van der Waals surface area contributed by atoms with Crippen molar-refractivity contribution in [2.75, 3.05) is 30.8 Å². The van der Waals surface area contributed by atoms with Crippen LogP contribution < -0.4 is 14.5 Å². The number of carbonyl (C=O) groups excluding carboxylic acids is 1. The summed E-state index contributed by atoms with van der Waals surface area (Å²) in [6, 6.07) is 15.9. The molecule has 3 rings (SSSR count). The van der Waals surface area contributed by atoms with Crippen molar-refractivity contribution < 1.29 is 17.9 Å². The number of benzene rings is 2. The minimum Gasteiger partial charge on any atom is -0.497 e. The summed E-state index contributed by atoms with van der Waals surface area (Å²) in [5.74, 6) is 0.120. The molecule has 1 aliphatic rings. The third kappa shape index (κ3) is 6.30. The number of amides is 1. The Morgan fingerprint density at radius 2 is 1.75 bits per heavy atom. The number of likely N-dealkylation sites (tertiary alicyclic amines) is 1. The summed E-state index contributed by atoms with van der Waals surface area (Å²) in [6.07, 6.45) is 2.60. The predicted molar refractivity (Wildman–Crippen MR) is 126 cm³/mol. The molecule has 0 aromatic heterocycles. The molecule has 0 aliphatic carbocycles. The van der Waals surface area contributed by atoms with E-state index in [1.807, 2.05) is 18.2 Å². The maximum atomic E-state index is 12.7. The third-order valence-corrected chi connectivity index (χ3v) is 6.66. The Bertz CT molecular complexity index is 1030. The Balaban J connectivity index is 1.59. The Hall–Kier alpha value is -2.91. The highest BCUT2D eigenvalue weighted by Crippen LogP contribution is 2.24. The highest BCUT2D eigenvalue weighted by Gasteiger charge is 2.29. The van der Waals surface area contributed by atoms with Crippen molar-refractivity contribution in [3.63, 3.8) is 0 Å². The topological polar surface area (TPSA) is 91.3 Å². The molecule has 2 aromatic carbocycles. The lowest BCUT2D eigenvalue weighted by molar-refractivity contribution is -0.121. The van der Waals surface area contributed by atoms with Gasteiger partial charge in [0, 0.05) is 38.2 Å². The minimum atomic E-state index is -3.69. The number of ether oxygens (including phenoxy) is 1. The number of rotatable bonds is 8. The molecule has 0 saturated carbocycles. The third-order valence-electron chi connectivity index (χ3n) is 5.42. The highest BCUT2D eigenvalue weighted by atomic mass is 32.2. The summed E-state index contributed by atoms with van der Waals surface area (Å²) in [4.78, 5) is 15.1. The quantitative estimate of drug-likeness (QED) is 0.614. The van der Waals surface area contributed by atoms with Gasteiger partial charge in [-0.3, -0.25) is 14.0 Å². The van der Waals surface area contributed by atoms with Crippen LogP contribution in [0.3, 0.4) is 0 Å². The van der Waals surface area contributed by atoms with Gasteiger partial charge in [-0.25, -0.2) is 13.8 Å². The van der Waals surface area contributed by atoms with Crippen LogP contribution in [0.15, 0.2) is 59.7 Å². The summed E-state index contributed by atoms with van der Waals surface area (Å²) >= 11 is 0. The highest BCUT2D eigenvalue weighted by molar-refractivity contribution is 7.92. The fourth-order valence-corrected chi connectivity index (χ4v) is 4.86. The van der Waals surface area contributed by atoms with Crippen molar-refractivity contribution in [2.24, 2.45) is 5.10 Å². The summed E-state index contributed by atoms with van der Waals surface area (Å²) < 4.78 is 31.0. The summed E-state index contributed by atoms with van der Waals surface area (Å²) in [7, 11) is -2.15. The number of anilines is 1. The molecular weight excluding hydrogens is 428 g/mol. The van der Waals surface area contributed by atoms with E-state index < -0.39 is 22.0 Å². The van der Waals surface area contributed by atoms with Gasteiger partial charge in [0.05, 0.1) is 19.1 Å². The number of nitrogens with one attached hydrogen (secondary N) is 1. The van der Waals surface area contributed by atoms with Crippen molar-refractivity contribution in [2.45, 2.75) is 32.4 Å². The molecule has 8 nitrogen and oxygen atoms in total. The first-order chi connectivity index (χ1) is 15.3. The fourth-order valence-electron chi connectivity index (χ4n) is 3.69. The van der Waals surface area contributed by atoms with Crippen LogP contribution in [0.1, 0.15) is 25.3 Å². The van der Waals surface area contributed by atoms with Crippen molar-refractivity contribution in [1.29, 1.82) is 0 Å². The predicted octanol–water partition coefficient (Wildman–Crippen LogP) is 2.62. The van der Waals surface area contributed by atoms with Gasteiger partial charge >= 0.3 is 0 Å². The fraction of sp³-hybridized carbons (Fsp3) is 0.391. The molecule has 32 heavy (non-hydrogen) atoms. The van der Waals surface area contributed by atoms with Gasteiger partial charge in [0.2, 0.25) is 10.0 Å². The van der Waals surface area contributed by atoms with Crippen LogP contribution in [0.2, 0.25) is 0 Å². The second-order valence-corrected chi connectivity index (χ2v) is 9.71. The molecule has 0 radical (unpaired) electrons. The number of carbonyl (C=O) groups is 1.